The topological polar surface area (TPSA) is 52.6 Å². The Morgan fingerprint density at radius 1 is 0.857 bits per heavy atom. The molecule has 21 heavy (non-hydrogen) atoms. The third-order valence-electron chi connectivity index (χ3n) is 2.92. The molecular formula is C16H18O4S. The van der Waals surface area contributed by atoms with Gasteiger partial charge in [0.05, 0.1) is 18.1 Å². The number of ether oxygens (including phenoxy) is 1. The van der Waals surface area contributed by atoms with Crippen LogP contribution in [0.5, 0.6) is 0 Å². The van der Waals surface area contributed by atoms with Crippen LogP contribution < -0.4 is 0 Å². The van der Waals surface area contributed by atoms with E-state index in [2.05, 4.69) is 0 Å². The van der Waals surface area contributed by atoms with Crippen LogP contribution in [0.1, 0.15) is 6.92 Å². The Labute approximate surface area is 125 Å². The van der Waals surface area contributed by atoms with Gasteiger partial charge in [-0.1, -0.05) is 42.5 Å². The molecule has 0 fully saturated rings. The first kappa shape index (κ1) is 15.7. The van der Waals surface area contributed by atoms with Gasteiger partial charge in [0.25, 0.3) is 10.1 Å². The Bertz CT molecular complexity index is 648. The summed E-state index contributed by atoms with van der Waals surface area (Å²) >= 11 is 0. The van der Waals surface area contributed by atoms with Gasteiger partial charge in [0.2, 0.25) is 0 Å². The van der Waals surface area contributed by atoms with Gasteiger partial charge >= 0.3 is 0 Å². The second-order valence-corrected chi connectivity index (χ2v) is 5.98. The van der Waals surface area contributed by atoms with Crippen LogP contribution in [0.25, 0.3) is 11.1 Å². The summed E-state index contributed by atoms with van der Waals surface area (Å²) in [5, 5.41) is 0. The first-order valence-electron chi connectivity index (χ1n) is 6.76. The largest absolute Gasteiger partial charge is 0.379 e. The van der Waals surface area contributed by atoms with Crippen LogP contribution >= 0.6 is 0 Å². The second kappa shape index (κ2) is 7.36. The van der Waals surface area contributed by atoms with Crippen molar-refractivity contribution < 1.29 is 17.3 Å². The maximum Gasteiger partial charge on any atom is 0.297 e. The van der Waals surface area contributed by atoms with Crippen molar-refractivity contribution in [2.24, 2.45) is 0 Å². The molecule has 2 aromatic rings. The molecule has 0 unspecified atom stereocenters. The van der Waals surface area contributed by atoms with E-state index in [0.29, 0.717) is 6.61 Å². The van der Waals surface area contributed by atoms with Gasteiger partial charge in [-0.25, -0.2) is 0 Å². The fourth-order valence-electron chi connectivity index (χ4n) is 1.86. The van der Waals surface area contributed by atoms with Gasteiger partial charge < -0.3 is 4.74 Å². The van der Waals surface area contributed by atoms with Gasteiger partial charge in [-0.3, -0.25) is 4.18 Å². The van der Waals surface area contributed by atoms with E-state index >= 15 is 0 Å². The van der Waals surface area contributed by atoms with E-state index in [1.165, 1.54) is 0 Å². The number of hydrogen-bond acceptors (Lipinski definition) is 4. The molecule has 0 aliphatic carbocycles. The van der Waals surface area contributed by atoms with Crippen molar-refractivity contribution >= 4 is 10.1 Å². The summed E-state index contributed by atoms with van der Waals surface area (Å²) in [6, 6.07) is 16.4. The molecule has 0 amide bonds. The van der Waals surface area contributed by atoms with Crippen LogP contribution in [0.15, 0.2) is 59.5 Å². The van der Waals surface area contributed by atoms with E-state index in [9.17, 15) is 8.42 Å². The standard InChI is InChI=1S/C16H18O4S/c1-2-19-12-13-20-21(17,18)16-10-8-15(9-11-16)14-6-4-3-5-7-14/h3-11H,2,12-13H2,1H3. The fourth-order valence-corrected chi connectivity index (χ4v) is 2.75. The minimum atomic E-state index is -3.72. The first-order chi connectivity index (χ1) is 10.1. The van der Waals surface area contributed by atoms with E-state index in [1.54, 1.807) is 24.3 Å². The highest BCUT2D eigenvalue weighted by atomic mass is 32.2. The lowest BCUT2D eigenvalue weighted by Gasteiger charge is -2.07. The number of rotatable bonds is 7. The minimum Gasteiger partial charge on any atom is -0.379 e. The van der Waals surface area contributed by atoms with Crippen LogP contribution in [-0.4, -0.2) is 28.2 Å². The molecule has 0 N–H and O–H groups in total. The Kier molecular flexibility index (Phi) is 5.50. The highest BCUT2D eigenvalue weighted by Crippen LogP contribution is 2.21. The molecule has 0 aliphatic rings. The van der Waals surface area contributed by atoms with E-state index in [0.717, 1.165) is 11.1 Å². The summed E-state index contributed by atoms with van der Waals surface area (Å²) in [5.41, 5.74) is 2.00. The third-order valence-corrected chi connectivity index (χ3v) is 4.25. The molecule has 0 saturated heterocycles. The molecule has 0 atom stereocenters. The van der Waals surface area contributed by atoms with Crippen molar-refractivity contribution in [1.29, 1.82) is 0 Å². The predicted molar refractivity (Wildman–Crippen MR) is 81.5 cm³/mol. The summed E-state index contributed by atoms with van der Waals surface area (Å²) in [5.74, 6) is 0. The normalized spacial score (nSPS) is 11.5. The molecular weight excluding hydrogens is 288 g/mol. The van der Waals surface area contributed by atoms with Crippen molar-refractivity contribution in [2.75, 3.05) is 19.8 Å². The van der Waals surface area contributed by atoms with Gasteiger partial charge in [-0.05, 0) is 30.2 Å². The molecule has 0 aliphatic heterocycles. The predicted octanol–water partition coefficient (Wildman–Crippen LogP) is 3.10. The first-order valence-corrected chi connectivity index (χ1v) is 8.17. The molecule has 4 nitrogen and oxygen atoms in total. The molecule has 0 aromatic heterocycles. The summed E-state index contributed by atoms with van der Waals surface area (Å²) in [6.07, 6.45) is 0. The Morgan fingerprint density at radius 2 is 1.48 bits per heavy atom. The van der Waals surface area contributed by atoms with E-state index < -0.39 is 10.1 Å². The number of hydrogen-bond donors (Lipinski definition) is 0. The molecule has 0 radical (unpaired) electrons. The fraction of sp³-hybridized carbons (Fsp3) is 0.250. The second-order valence-electron chi connectivity index (χ2n) is 4.36. The van der Waals surface area contributed by atoms with Crippen molar-refractivity contribution in [2.45, 2.75) is 11.8 Å². The van der Waals surface area contributed by atoms with Crippen LogP contribution in [0.3, 0.4) is 0 Å². The lowest BCUT2D eigenvalue weighted by atomic mass is 10.1. The smallest absolute Gasteiger partial charge is 0.297 e. The molecule has 0 heterocycles. The highest BCUT2D eigenvalue weighted by Gasteiger charge is 2.14. The Balaban J connectivity index is 2.08. The maximum atomic E-state index is 12.0. The lowest BCUT2D eigenvalue weighted by molar-refractivity contribution is 0.112. The molecule has 2 rings (SSSR count). The van der Waals surface area contributed by atoms with Crippen molar-refractivity contribution in [1.82, 2.24) is 0 Å². The van der Waals surface area contributed by atoms with Gasteiger partial charge in [0.1, 0.15) is 0 Å². The molecule has 0 bridgehead atoms. The Morgan fingerprint density at radius 3 is 2.10 bits per heavy atom. The summed E-state index contributed by atoms with van der Waals surface area (Å²) in [6.45, 7) is 2.67. The SMILES string of the molecule is CCOCCOS(=O)(=O)c1ccc(-c2ccccc2)cc1. The van der Waals surface area contributed by atoms with Crippen molar-refractivity contribution in [3.63, 3.8) is 0 Å². The van der Waals surface area contributed by atoms with E-state index in [4.69, 9.17) is 8.92 Å². The zero-order valence-corrected chi connectivity index (χ0v) is 12.7. The van der Waals surface area contributed by atoms with Crippen LogP contribution in [-0.2, 0) is 19.0 Å². The van der Waals surface area contributed by atoms with Gasteiger partial charge in [0, 0.05) is 6.61 Å². The maximum absolute atomic E-state index is 12.0. The zero-order valence-electron chi connectivity index (χ0n) is 11.9. The summed E-state index contributed by atoms with van der Waals surface area (Å²) in [7, 11) is -3.72. The lowest BCUT2D eigenvalue weighted by Crippen LogP contribution is -2.11. The van der Waals surface area contributed by atoms with E-state index in [1.807, 2.05) is 37.3 Å². The summed E-state index contributed by atoms with van der Waals surface area (Å²) in [4.78, 5) is 0.152. The van der Waals surface area contributed by atoms with Gasteiger partial charge in [-0.15, -0.1) is 0 Å². The average molecular weight is 306 g/mol. The molecule has 0 spiro atoms. The summed E-state index contributed by atoms with van der Waals surface area (Å²) < 4.78 is 33.9. The molecule has 112 valence electrons. The third kappa shape index (κ3) is 4.39. The zero-order chi connectivity index (χ0) is 15.1. The van der Waals surface area contributed by atoms with Crippen LogP contribution in [0.4, 0.5) is 0 Å². The molecule has 5 heteroatoms. The monoisotopic (exact) mass is 306 g/mol. The highest BCUT2D eigenvalue weighted by molar-refractivity contribution is 7.86. The minimum absolute atomic E-state index is 0.0244. The van der Waals surface area contributed by atoms with Crippen molar-refractivity contribution in [3.05, 3.63) is 54.6 Å². The molecule has 2 aromatic carbocycles. The van der Waals surface area contributed by atoms with Crippen LogP contribution in [0, 0.1) is 0 Å². The van der Waals surface area contributed by atoms with Crippen molar-refractivity contribution in [3.8, 4) is 11.1 Å². The van der Waals surface area contributed by atoms with Crippen LogP contribution in [0.2, 0.25) is 0 Å². The number of benzene rings is 2. The molecule has 0 saturated carbocycles. The Hall–Kier alpha value is -1.69. The van der Waals surface area contributed by atoms with Gasteiger partial charge in [-0.2, -0.15) is 8.42 Å². The van der Waals surface area contributed by atoms with Gasteiger partial charge in [0.15, 0.2) is 0 Å². The van der Waals surface area contributed by atoms with E-state index in [-0.39, 0.29) is 18.1 Å². The average Bonchev–Trinajstić information content (AvgIpc) is 2.53. The quantitative estimate of drug-likeness (QED) is 0.582.